The van der Waals surface area contributed by atoms with Gasteiger partial charge in [0.15, 0.2) is 0 Å². The Morgan fingerprint density at radius 3 is 2.57 bits per heavy atom. The van der Waals surface area contributed by atoms with E-state index < -0.39 is 0 Å². The third-order valence-electron chi connectivity index (χ3n) is 3.82. The first-order valence-electron chi connectivity index (χ1n) is 7.83. The molecule has 0 aliphatic carbocycles. The van der Waals surface area contributed by atoms with Gasteiger partial charge in [0.05, 0.1) is 0 Å². The van der Waals surface area contributed by atoms with Crippen molar-refractivity contribution in [3.8, 4) is 0 Å². The maximum absolute atomic E-state index is 11.9. The smallest absolute Gasteiger partial charge is 0.220 e. The van der Waals surface area contributed by atoms with Crippen LogP contribution in [0.1, 0.15) is 29.2 Å². The molecule has 0 aliphatic rings. The Hall–Kier alpha value is -1.78. The van der Waals surface area contributed by atoms with Crippen LogP contribution in [-0.2, 0) is 4.79 Å². The summed E-state index contributed by atoms with van der Waals surface area (Å²) in [6.07, 6.45) is 0.499. The molecule has 4 heteroatoms. The van der Waals surface area contributed by atoms with Gasteiger partial charge in [-0.05, 0) is 42.7 Å². The number of hydrogen-bond donors (Lipinski definition) is 2. The summed E-state index contributed by atoms with van der Waals surface area (Å²) in [5, 5.41) is 2.91. The molecule has 0 aliphatic heterocycles. The molecule has 0 heterocycles. The van der Waals surface area contributed by atoms with E-state index in [4.69, 9.17) is 5.73 Å². The summed E-state index contributed by atoms with van der Waals surface area (Å²) in [5.41, 5.74) is 9.69. The van der Waals surface area contributed by atoms with Gasteiger partial charge in [-0.1, -0.05) is 36.4 Å². The van der Waals surface area contributed by atoms with Crippen molar-refractivity contribution in [2.45, 2.75) is 31.2 Å². The second-order valence-corrected chi connectivity index (χ2v) is 6.83. The van der Waals surface area contributed by atoms with Gasteiger partial charge in [0.2, 0.25) is 5.91 Å². The summed E-state index contributed by atoms with van der Waals surface area (Å²) in [4.78, 5) is 13.1. The van der Waals surface area contributed by atoms with Gasteiger partial charge in [-0.3, -0.25) is 4.79 Å². The predicted octanol–water partition coefficient (Wildman–Crippen LogP) is 3.60. The SMILES string of the molecule is Cc1ccc(SCCC(=O)NCC(N)c2ccccc2)cc1C. The molecule has 2 aromatic carbocycles. The molecule has 0 saturated heterocycles. The average molecular weight is 328 g/mol. The highest BCUT2D eigenvalue weighted by atomic mass is 32.2. The van der Waals surface area contributed by atoms with Crippen molar-refractivity contribution >= 4 is 17.7 Å². The van der Waals surface area contributed by atoms with Crippen molar-refractivity contribution in [1.82, 2.24) is 5.32 Å². The van der Waals surface area contributed by atoms with E-state index in [1.807, 2.05) is 30.3 Å². The number of benzene rings is 2. The highest BCUT2D eigenvalue weighted by Gasteiger charge is 2.08. The predicted molar refractivity (Wildman–Crippen MR) is 97.6 cm³/mol. The molecular weight excluding hydrogens is 304 g/mol. The second kappa shape index (κ2) is 8.75. The standard InChI is InChI=1S/C19H24N2OS/c1-14-8-9-17(12-15(14)2)23-11-10-19(22)21-13-18(20)16-6-4-3-5-7-16/h3-9,12,18H,10-11,13,20H2,1-2H3,(H,21,22). The van der Waals surface area contributed by atoms with Gasteiger partial charge in [0, 0.05) is 29.7 Å². The highest BCUT2D eigenvalue weighted by Crippen LogP contribution is 2.21. The lowest BCUT2D eigenvalue weighted by atomic mass is 10.1. The van der Waals surface area contributed by atoms with Gasteiger partial charge in [-0.15, -0.1) is 11.8 Å². The van der Waals surface area contributed by atoms with Crippen LogP contribution in [0, 0.1) is 13.8 Å². The molecule has 0 fully saturated rings. The Labute approximate surface area is 142 Å². The Bertz CT molecular complexity index is 643. The van der Waals surface area contributed by atoms with Gasteiger partial charge in [0.25, 0.3) is 0 Å². The Morgan fingerprint density at radius 1 is 1.13 bits per heavy atom. The lowest BCUT2D eigenvalue weighted by Crippen LogP contribution is -2.32. The molecule has 0 bridgehead atoms. The molecule has 3 nitrogen and oxygen atoms in total. The van der Waals surface area contributed by atoms with E-state index in [-0.39, 0.29) is 11.9 Å². The fraction of sp³-hybridized carbons (Fsp3) is 0.316. The van der Waals surface area contributed by atoms with E-state index in [9.17, 15) is 4.79 Å². The van der Waals surface area contributed by atoms with Crippen molar-refractivity contribution in [2.75, 3.05) is 12.3 Å². The van der Waals surface area contributed by atoms with Crippen LogP contribution in [0.3, 0.4) is 0 Å². The van der Waals surface area contributed by atoms with E-state index in [1.165, 1.54) is 16.0 Å². The van der Waals surface area contributed by atoms with Crippen LogP contribution in [0.2, 0.25) is 0 Å². The second-order valence-electron chi connectivity index (χ2n) is 5.67. The fourth-order valence-electron chi connectivity index (χ4n) is 2.20. The van der Waals surface area contributed by atoms with E-state index in [1.54, 1.807) is 11.8 Å². The Morgan fingerprint density at radius 2 is 1.87 bits per heavy atom. The van der Waals surface area contributed by atoms with Crippen LogP contribution < -0.4 is 11.1 Å². The van der Waals surface area contributed by atoms with Crippen molar-refractivity contribution < 1.29 is 4.79 Å². The van der Waals surface area contributed by atoms with Crippen LogP contribution in [0.5, 0.6) is 0 Å². The van der Waals surface area contributed by atoms with E-state index >= 15 is 0 Å². The van der Waals surface area contributed by atoms with E-state index in [0.29, 0.717) is 13.0 Å². The minimum atomic E-state index is -0.160. The van der Waals surface area contributed by atoms with Crippen LogP contribution in [0.15, 0.2) is 53.4 Å². The van der Waals surface area contributed by atoms with Crippen LogP contribution >= 0.6 is 11.8 Å². The zero-order valence-electron chi connectivity index (χ0n) is 13.7. The monoisotopic (exact) mass is 328 g/mol. The van der Waals surface area contributed by atoms with Crippen molar-refractivity contribution in [1.29, 1.82) is 0 Å². The van der Waals surface area contributed by atoms with Crippen molar-refractivity contribution in [3.63, 3.8) is 0 Å². The first-order valence-corrected chi connectivity index (χ1v) is 8.82. The largest absolute Gasteiger partial charge is 0.354 e. The van der Waals surface area contributed by atoms with Crippen molar-refractivity contribution in [2.24, 2.45) is 5.73 Å². The van der Waals surface area contributed by atoms with Gasteiger partial charge in [-0.25, -0.2) is 0 Å². The Balaban J connectivity index is 1.70. The lowest BCUT2D eigenvalue weighted by molar-refractivity contribution is -0.120. The minimum absolute atomic E-state index is 0.0488. The molecule has 0 radical (unpaired) electrons. The maximum atomic E-state index is 11.9. The molecule has 1 atom stereocenters. The molecule has 23 heavy (non-hydrogen) atoms. The number of carbonyl (C=O) groups is 1. The van der Waals surface area contributed by atoms with Gasteiger partial charge in [0.1, 0.15) is 0 Å². The molecule has 1 unspecified atom stereocenters. The number of thioether (sulfide) groups is 1. The average Bonchev–Trinajstić information content (AvgIpc) is 2.56. The van der Waals surface area contributed by atoms with Crippen molar-refractivity contribution in [3.05, 3.63) is 65.2 Å². The maximum Gasteiger partial charge on any atom is 0.220 e. The summed E-state index contributed by atoms with van der Waals surface area (Å²) < 4.78 is 0. The summed E-state index contributed by atoms with van der Waals surface area (Å²) in [5.74, 6) is 0.822. The third kappa shape index (κ3) is 5.73. The molecule has 0 saturated carbocycles. The summed E-state index contributed by atoms with van der Waals surface area (Å²) in [6.45, 7) is 4.68. The minimum Gasteiger partial charge on any atom is -0.354 e. The molecule has 1 amide bonds. The normalized spacial score (nSPS) is 12.0. The number of nitrogens with one attached hydrogen (secondary N) is 1. The van der Waals surface area contributed by atoms with Gasteiger partial charge in [-0.2, -0.15) is 0 Å². The summed E-state index contributed by atoms with van der Waals surface area (Å²) in [6, 6.07) is 16.1. The number of hydrogen-bond acceptors (Lipinski definition) is 3. The molecule has 2 aromatic rings. The van der Waals surface area contributed by atoms with Crippen LogP contribution in [0.25, 0.3) is 0 Å². The van der Waals surface area contributed by atoms with Gasteiger partial charge < -0.3 is 11.1 Å². The molecular formula is C19H24N2OS. The van der Waals surface area contributed by atoms with E-state index in [0.717, 1.165) is 11.3 Å². The number of aryl methyl sites for hydroxylation is 2. The molecule has 122 valence electrons. The molecule has 0 aromatic heterocycles. The molecule has 2 rings (SSSR count). The third-order valence-corrected chi connectivity index (χ3v) is 4.82. The number of rotatable bonds is 7. The number of nitrogens with two attached hydrogens (primary N) is 1. The van der Waals surface area contributed by atoms with Crippen LogP contribution in [-0.4, -0.2) is 18.2 Å². The van der Waals surface area contributed by atoms with E-state index in [2.05, 4.69) is 37.4 Å². The highest BCUT2D eigenvalue weighted by molar-refractivity contribution is 7.99. The zero-order valence-corrected chi connectivity index (χ0v) is 14.5. The molecule has 0 spiro atoms. The topological polar surface area (TPSA) is 55.1 Å². The number of carbonyl (C=O) groups excluding carboxylic acids is 1. The quantitative estimate of drug-likeness (QED) is 0.764. The summed E-state index contributed by atoms with van der Waals surface area (Å²) >= 11 is 1.71. The lowest BCUT2D eigenvalue weighted by Gasteiger charge is -2.13. The summed E-state index contributed by atoms with van der Waals surface area (Å²) in [7, 11) is 0. The Kier molecular flexibility index (Phi) is 6.68. The van der Waals surface area contributed by atoms with Crippen LogP contribution in [0.4, 0.5) is 0 Å². The fourth-order valence-corrected chi connectivity index (χ4v) is 3.14. The number of amides is 1. The first-order chi connectivity index (χ1) is 11.1. The molecule has 3 N–H and O–H groups in total. The zero-order chi connectivity index (χ0) is 16.7. The first kappa shape index (κ1) is 17.6. The van der Waals surface area contributed by atoms with Gasteiger partial charge >= 0.3 is 0 Å².